The minimum atomic E-state index is -0.637. The van der Waals surface area contributed by atoms with E-state index in [0.29, 0.717) is 19.2 Å². The van der Waals surface area contributed by atoms with Crippen LogP contribution < -0.4 is 5.32 Å². The fourth-order valence-corrected chi connectivity index (χ4v) is 2.98. The van der Waals surface area contributed by atoms with E-state index in [-0.39, 0.29) is 6.10 Å². The summed E-state index contributed by atoms with van der Waals surface area (Å²) in [6, 6.07) is 0.604. The lowest BCUT2D eigenvalue weighted by Gasteiger charge is -2.30. The number of rotatable bonds is 3. The van der Waals surface area contributed by atoms with Crippen molar-refractivity contribution >= 4 is 0 Å². The first-order chi connectivity index (χ1) is 8.21. The molecule has 0 radical (unpaired) electrons. The summed E-state index contributed by atoms with van der Waals surface area (Å²) in [5, 5.41) is 14.0. The van der Waals surface area contributed by atoms with Crippen LogP contribution in [-0.2, 0) is 4.74 Å². The molecule has 0 aromatic carbocycles. The van der Waals surface area contributed by atoms with E-state index >= 15 is 0 Å². The first kappa shape index (κ1) is 13.3. The lowest BCUT2D eigenvalue weighted by Crippen LogP contribution is -2.48. The summed E-state index contributed by atoms with van der Waals surface area (Å²) in [7, 11) is 0. The molecule has 0 bridgehead atoms. The van der Waals surface area contributed by atoms with Crippen LogP contribution in [0.1, 0.15) is 58.3 Å². The Kier molecular flexibility index (Phi) is 4.83. The molecular weight excluding hydrogens is 214 g/mol. The molecule has 3 nitrogen and oxygen atoms in total. The lowest BCUT2D eigenvalue weighted by atomic mass is 9.93. The Morgan fingerprint density at radius 2 is 1.82 bits per heavy atom. The molecular formula is C14H27NO2. The van der Waals surface area contributed by atoms with Crippen LogP contribution in [0.15, 0.2) is 0 Å². The Hall–Kier alpha value is -0.120. The van der Waals surface area contributed by atoms with Crippen LogP contribution in [0.2, 0.25) is 0 Å². The van der Waals surface area contributed by atoms with Crippen molar-refractivity contribution in [3.8, 4) is 0 Å². The first-order valence-electron chi connectivity index (χ1n) is 7.28. The summed E-state index contributed by atoms with van der Waals surface area (Å²) in [6.45, 7) is 3.37. The Morgan fingerprint density at radius 1 is 1.18 bits per heavy atom. The highest BCUT2D eigenvalue weighted by Gasteiger charge is 2.39. The Morgan fingerprint density at radius 3 is 2.41 bits per heavy atom. The molecule has 2 rings (SSSR count). The molecule has 3 heteroatoms. The van der Waals surface area contributed by atoms with Crippen LogP contribution in [0.3, 0.4) is 0 Å². The molecule has 1 aliphatic heterocycles. The third-order valence-electron chi connectivity index (χ3n) is 4.46. The van der Waals surface area contributed by atoms with Crippen molar-refractivity contribution in [1.82, 2.24) is 5.32 Å². The number of hydrogen-bond donors (Lipinski definition) is 2. The molecule has 2 unspecified atom stereocenters. The zero-order valence-corrected chi connectivity index (χ0v) is 11.1. The van der Waals surface area contributed by atoms with Crippen LogP contribution in [0, 0.1) is 0 Å². The van der Waals surface area contributed by atoms with Gasteiger partial charge in [0, 0.05) is 25.6 Å². The first-order valence-corrected chi connectivity index (χ1v) is 7.28. The molecule has 1 aliphatic carbocycles. The molecule has 2 atom stereocenters. The molecule has 2 N–H and O–H groups in total. The normalized spacial score (nSPS) is 36.7. The highest BCUT2D eigenvalue weighted by atomic mass is 16.5. The van der Waals surface area contributed by atoms with E-state index in [2.05, 4.69) is 5.32 Å². The number of nitrogens with one attached hydrogen (secondary N) is 1. The molecule has 100 valence electrons. The average molecular weight is 241 g/mol. The number of hydrogen-bond acceptors (Lipinski definition) is 3. The second-order valence-electron chi connectivity index (χ2n) is 5.79. The predicted molar refractivity (Wildman–Crippen MR) is 69.1 cm³/mol. The highest BCUT2D eigenvalue weighted by molar-refractivity contribution is 4.92. The van der Waals surface area contributed by atoms with Gasteiger partial charge in [-0.2, -0.15) is 0 Å². The van der Waals surface area contributed by atoms with E-state index in [1.165, 1.54) is 44.9 Å². The number of ether oxygens (including phenoxy) is 1. The van der Waals surface area contributed by atoms with Crippen LogP contribution in [0.5, 0.6) is 0 Å². The molecule has 17 heavy (non-hydrogen) atoms. The van der Waals surface area contributed by atoms with E-state index in [0.717, 1.165) is 6.42 Å². The maximum Gasteiger partial charge on any atom is 0.105 e. The minimum absolute atomic E-state index is 0.0245. The third-order valence-corrected chi connectivity index (χ3v) is 4.46. The molecule has 1 heterocycles. The van der Waals surface area contributed by atoms with Crippen LogP contribution >= 0.6 is 0 Å². The van der Waals surface area contributed by atoms with Crippen LogP contribution in [0.25, 0.3) is 0 Å². The molecule has 0 spiro atoms. The summed E-state index contributed by atoms with van der Waals surface area (Å²) in [4.78, 5) is 0. The van der Waals surface area contributed by atoms with Gasteiger partial charge in [0.25, 0.3) is 0 Å². The molecule has 0 aromatic heterocycles. The van der Waals surface area contributed by atoms with Gasteiger partial charge in [0.2, 0.25) is 0 Å². The second kappa shape index (κ2) is 6.17. The van der Waals surface area contributed by atoms with Gasteiger partial charge in [-0.15, -0.1) is 0 Å². The van der Waals surface area contributed by atoms with Crippen LogP contribution in [0.4, 0.5) is 0 Å². The van der Waals surface area contributed by atoms with Gasteiger partial charge in [0.1, 0.15) is 5.60 Å². The topological polar surface area (TPSA) is 41.5 Å². The smallest absolute Gasteiger partial charge is 0.105 e. The van der Waals surface area contributed by atoms with Gasteiger partial charge in [-0.1, -0.05) is 32.1 Å². The van der Waals surface area contributed by atoms with Crippen molar-refractivity contribution in [2.75, 3.05) is 13.2 Å². The van der Waals surface area contributed by atoms with Gasteiger partial charge >= 0.3 is 0 Å². The van der Waals surface area contributed by atoms with Gasteiger partial charge < -0.3 is 15.2 Å². The largest absolute Gasteiger partial charge is 0.386 e. The Balaban J connectivity index is 1.76. The lowest BCUT2D eigenvalue weighted by molar-refractivity contribution is -0.0280. The Labute approximate surface area is 105 Å². The third kappa shape index (κ3) is 3.67. The van der Waals surface area contributed by atoms with Crippen LogP contribution in [-0.4, -0.2) is 36.0 Å². The Bertz CT molecular complexity index is 226. The summed E-state index contributed by atoms with van der Waals surface area (Å²) >= 11 is 0. The van der Waals surface area contributed by atoms with Gasteiger partial charge in [0.05, 0.1) is 6.10 Å². The van der Waals surface area contributed by atoms with Crippen molar-refractivity contribution in [3.63, 3.8) is 0 Å². The van der Waals surface area contributed by atoms with E-state index < -0.39 is 5.60 Å². The summed E-state index contributed by atoms with van der Waals surface area (Å²) in [5.74, 6) is 0. The fourth-order valence-electron chi connectivity index (χ4n) is 2.98. The minimum Gasteiger partial charge on any atom is -0.386 e. The maximum absolute atomic E-state index is 10.4. The van der Waals surface area contributed by atoms with E-state index in [1.54, 1.807) is 0 Å². The highest BCUT2D eigenvalue weighted by Crippen LogP contribution is 2.25. The molecule has 1 saturated heterocycles. The number of aliphatic hydroxyl groups is 1. The van der Waals surface area contributed by atoms with E-state index in [9.17, 15) is 5.11 Å². The zero-order chi connectivity index (χ0) is 12.1. The fraction of sp³-hybridized carbons (Fsp3) is 1.00. The monoisotopic (exact) mass is 241 g/mol. The van der Waals surface area contributed by atoms with E-state index in [1.807, 2.05) is 6.92 Å². The van der Waals surface area contributed by atoms with Gasteiger partial charge in [-0.3, -0.25) is 0 Å². The quantitative estimate of drug-likeness (QED) is 0.796. The van der Waals surface area contributed by atoms with Crippen molar-refractivity contribution < 1.29 is 9.84 Å². The molecule has 0 aromatic rings. The average Bonchev–Trinajstić information content (AvgIpc) is 2.58. The molecule has 2 fully saturated rings. The second-order valence-corrected chi connectivity index (χ2v) is 5.79. The van der Waals surface area contributed by atoms with Crippen molar-refractivity contribution in [1.29, 1.82) is 0 Å². The van der Waals surface area contributed by atoms with Crippen molar-refractivity contribution in [3.05, 3.63) is 0 Å². The van der Waals surface area contributed by atoms with Crippen molar-refractivity contribution in [2.24, 2.45) is 0 Å². The van der Waals surface area contributed by atoms with Gasteiger partial charge in [-0.25, -0.2) is 0 Å². The summed E-state index contributed by atoms with van der Waals surface area (Å²) < 4.78 is 5.46. The van der Waals surface area contributed by atoms with E-state index in [4.69, 9.17) is 4.74 Å². The predicted octanol–water partition coefficient (Wildman–Crippen LogP) is 2.23. The molecule has 2 aliphatic rings. The summed E-state index contributed by atoms with van der Waals surface area (Å²) in [5.41, 5.74) is -0.637. The zero-order valence-electron chi connectivity index (χ0n) is 11.1. The molecule has 1 saturated carbocycles. The van der Waals surface area contributed by atoms with Crippen molar-refractivity contribution in [2.45, 2.75) is 76.0 Å². The van der Waals surface area contributed by atoms with Gasteiger partial charge in [0.15, 0.2) is 0 Å². The maximum atomic E-state index is 10.4. The summed E-state index contributed by atoms with van der Waals surface area (Å²) in [6.07, 6.45) is 10.1. The molecule has 0 amide bonds. The SMILES string of the molecule is CC1OCCC1(O)CNC1CCCCCCC1. The standard InChI is InChI=1S/C14H27NO2/c1-12-14(16,9-10-17-12)11-15-13-7-5-3-2-4-6-8-13/h12-13,15-16H,2-11H2,1H3. The van der Waals surface area contributed by atoms with Gasteiger partial charge in [-0.05, 0) is 19.8 Å².